The lowest BCUT2D eigenvalue weighted by molar-refractivity contribution is 0.103. The molecule has 1 aromatic carbocycles. The van der Waals surface area contributed by atoms with Crippen molar-refractivity contribution in [2.75, 3.05) is 49.4 Å². The molecule has 0 bridgehead atoms. The quantitative estimate of drug-likeness (QED) is 0.265. The smallest absolute Gasteiger partial charge is 0.301 e. The normalized spacial score (nSPS) is 14.3. The molecule has 10 nitrogen and oxygen atoms in total. The minimum absolute atomic E-state index is 0.265. The Balaban J connectivity index is 1.45. The molecule has 0 spiro atoms. The lowest BCUT2D eigenvalue weighted by atomic mass is 10.0. The van der Waals surface area contributed by atoms with Crippen LogP contribution in [0.15, 0.2) is 59.5 Å². The number of piperazine rings is 1. The number of carbonyl (C=O) groups excluding carboxylic acids is 1. The number of benzene rings is 1. The van der Waals surface area contributed by atoms with Gasteiger partial charge in [-0.3, -0.25) is 9.52 Å². The van der Waals surface area contributed by atoms with E-state index in [-0.39, 0.29) is 11.5 Å². The number of nitrogens with one attached hydrogen (secondary N) is 3. The number of ketones is 1. The van der Waals surface area contributed by atoms with Crippen molar-refractivity contribution in [3.05, 3.63) is 70.6 Å². The maximum absolute atomic E-state index is 13.6. The van der Waals surface area contributed by atoms with Crippen molar-refractivity contribution in [1.29, 1.82) is 0 Å². The Bertz CT molecular complexity index is 1580. The standard InChI is InChI=1S/C26H28BrN7O3S/c1-3-33(2)38(36,37)32-22-6-4-5-19(24(22)27)25(35)21-16-31-26-20(21)13-18(15-30-26)17-7-8-23(29-14-17)34-11-9-28-10-12-34/h4-8,13-16,28,32H,3,9-12H2,1-2H3,(H,30,31). The summed E-state index contributed by atoms with van der Waals surface area (Å²) in [7, 11) is -2.27. The number of aromatic amines is 1. The lowest BCUT2D eigenvalue weighted by Crippen LogP contribution is -2.43. The molecule has 1 aliphatic rings. The van der Waals surface area contributed by atoms with Crippen molar-refractivity contribution in [3.63, 3.8) is 0 Å². The average Bonchev–Trinajstić information content (AvgIpc) is 3.37. The molecule has 0 amide bonds. The number of fused-ring (bicyclic) bond motifs is 1. The minimum atomic E-state index is -3.75. The molecule has 0 saturated carbocycles. The van der Waals surface area contributed by atoms with E-state index in [1.54, 1.807) is 37.5 Å². The number of anilines is 2. The zero-order valence-corrected chi connectivity index (χ0v) is 23.4. The van der Waals surface area contributed by atoms with Gasteiger partial charge in [-0.05, 0) is 46.3 Å². The van der Waals surface area contributed by atoms with E-state index < -0.39 is 10.2 Å². The number of nitrogens with zero attached hydrogens (tertiary/aromatic N) is 4. The van der Waals surface area contributed by atoms with Crippen LogP contribution in [0.3, 0.4) is 0 Å². The number of rotatable bonds is 8. The summed E-state index contributed by atoms with van der Waals surface area (Å²) in [5, 5.41) is 4.01. The minimum Gasteiger partial charge on any atom is -0.354 e. The molecule has 0 radical (unpaired) electrons. The molecule has 1 saturated heterocycles. The Morgan fingerprint density at radius 3 is 2.58 bits per heavy atom. The molecule has 1 fully saturated rings. The van der Waals surface area contributed by atoms with Crippen molar-refractivity contribution in [3.8, 4) is 11.1 Å². The summed E-state index contributed by atoms with van der Waals surface area (Å²) < 4.78 is 29.2. The highest BCUT2D eigenvalue weighted by molar-refractivity contribution is 9.10. The van der Waals surface area contributed by atoms with Crippen molar-refractivity contribution in [2.24, 2.45) is 0 Å². The predicted octanol–water partition coefficient (Wildman–Crippen LogP) is 3.64. The molecule has 4 aromatic rings. The van der Waals surface area contributed by atoms with Crippen LogP contribution in [-0.2, 0) is 10.2 Å². The van der Waals surface area contributed by atoms with Gasteiger partial charge in [0.25, 0.3) is 0 Å². The second-order valence-electron chi connectivity index (χ2n) is 8.98. The van der Waals surface area contributed by atoms with Crippen LogP contribution in [0.4, 0.5) is 11.5 Å². The zero-order valence-electron chi connectivity index (χ0n) is 21.0. The highest BCUT2D eigenvalue weighted by Gasteiger charge is 2.22. The highest BCUT2D eigenvalue weighted by atomic mass is 79.9. The van der Waals surface area contributed by atoms with Crippen LogP contribution in [0, 0.1) is 0 Å². The van der Waals surface area contributed by atoms with Gasteiger partial charge in [0.15, 0.2) is 5.78 Å². The van der Waals surface area contributed by atoms with E-state index in [1.165, 1.54) is 11.4 Å². The molecule has 3 N–H and O–H groups in total. The van der Waals surface area contributed by atoms with Gasteiger partial charge in [-0.15, -0.1) is 0 Å². The van der Waals surface area contributed by atoms with Gasteiger partial charge in [-0.2, -0.15) is 12.7 Å². The molecule has 4 heterocycles. The van der Waals surface area contributed by atoms with E-state index in [0.29, 0.717) is 33.2 Å². The van der Waals surface area contributed by atoms with E-state index in [1.807, 2.05) is 24.4 Å². The maximum Gasteiger partial charge on any atom is 0.301 e. The van der Waals surface area contributed by atoms with Crippen LogP contribution in [0.5, 0.6) is 0 Å². The number of H-pyrrole nitrogens is 1. The molecule has 38 heavy (non-hydrogen) atoms. The van der Waals surface area contributed by atoms with Gasteiger partial charge in [-0.25, -0.2) is 9.97 Å². The van der Waals surface area contributed by atoms with Gasteiger partial charge in [0.1, 0.15) is 11.5 Å². The van der Waals surface area contributed by atoms with Gasteiger partial charge in [0, 0.05) is 86.0 Å². The summed E-state index contributed by atoms with van der Waals surface area (Å²) in [6, 6.07) is 10.8. The molecule has 0 unspecified atom stereocenters. The van der Waals surface area contributed by atoms with Gasteiger partial charge < -0.3 is 15.2 Å². The van der Waals surface area contributed by atoms with Gasteiger partial charge in [0.05, 0.1) is 10.2 Å². The van der Waals surface area contributed by atoms with Crippen LogP contribution < -0.4 is 14.9 Å². The van der Waals surface area contributed by atoms with Crippen molar-refractivity contribution in [2.45, 2.75) is 6.92 Å². The third-order valence-corrected chi connectivity index (χ3v) is 9.05. The molecular weight excluding hydrogens is 570 g/mol. The number of halogens is 1. The fourth-order valence-corrected chi connectivity index (χ4v) is 5.92. The molecule has 3 aromatic heterocycles. The Hall–Kier alpha value is -3.32. The monoisotopic (exact) mass is 597 g/mol. The second-order valence-corrected chi connectivity index (χ2v) is 11.6. The van der Waals surface area contributed by atoms with Crippen molar-refractivity contribution >= 4 is 54.5 Å². The van der Waals surface area contributed by atoms with Crippen LogP contribution in [0.2, 0.25) is 0 Å². The number of pyridine rings is 2. The van der Waals surface area contributed by atoms with Crippen LogP contribution in [-0.4, -0.2) is 73.2 Å². The largest absolute Gasteiger partial charge is 0.354 e. The Morgan fingerprint density at radius 2 is 1.87 bits per heavy atom. The van der Waals surface area contributed by atoms with Crippen LogP contribution in [0.1, 0.15) is 22.8 Å². The number of hydrogen-bond acceptors (Lipinski definition) is 7. The summed E-state index contributed by atoms with van der Waals surface area (Å²) in [4.78, 5) is 28.1. The maximum atomic E-state index is 13.6. The first-order valence-electron chi connectivity index (χ1n) is 12.2. The summed E-state index contributed by atoms with van der Waals surface area (Å²) in [6.07, 6.45) is 5.21. The topological polar surface area (TPSA) is 123 Å². The molecule has 1 aliphatic heterocycles. The number of carbonyl (C=O) groups is 1. The Labute approximate surface area is 229 Å². The van der Waals surface area contributed by atoms with E-state index in [9.17, 15) is 13.2 Å². The third-order valence-electron chi connectivity index (χ3n) is 6.64. The highest BCUT2D eigenvalue weighted by Crippen LogP contribution is 2.32. The number of aromatic nitrogens is 3. The van der Waals surface area contributed by atoms with Crippen LogP contribution >= 0.6 is 15.9 Å². The molecule has 5 rings (SSSR count). The fourth-order valence-electron chi connectivity index (χ4n) is 4.30. The Morgan fingerprint density at radius 1 is 1.11 bits per heavy atom. The molecule has 198 valence electrons. The fraction of sp³-hybridized carbons (Fsp3) is 0.269. The van der Waals surface area contributed by atoms with E-state index in [0.717, 1.165) is 43.1 Å². The van der Waals surface area contributed by atoms with E-state index in [2.05, 4.69) is 45.8 Å². The van der Waals surface area contributed by atoms with E-state index in [4.69, 9.17) is 0 Å². The molecule has 0 atom stereocenters. The van der Waals surface area contributed by atoms with Crippen LogP contribution in [0.25, 0.3) is 22.2 Å². The average molecular weight is 599 g/mol. The molecule has 12 heteroatoms. The van der Waals surface area contributed by atoms with Crippen molar-refractivity contribution in [1.82, 2.24) is 24.6 Å². The summed E-state index contributed by atoms with van der Waals surface area (Å²) in [6.45, 7) is 5.77. The first kappa shape index (κ1) is 26.3. The van der Waals surface area contributed by atoms with Gasteiger partial charge in [-0.1, -0.05) is 13.0 Å². The zero-order chi connectivity index (χ0) is 26.9. The lowest BCUT2D eigenvalue weighted by Gasteiger charge is -2.28. The SMILES string of the molecule is CCN(C)S(=O)(=O)Nc1cccc(C(=O)c2c[nH]c3ncc(-c4ccc(N5CCNCC5)nc4)cc23)c1Br. The van der Waals surface area contributed by atoms with Crippen molar-refractivity contribution < 1.29 is 13.2 Å². The molecule has 0 aliphatic carbocycles. The summed E-state index contributed by atoms with van der Waals surface area (Å²) >= 11 is 3.44. The first-order valence-corrected chi connectivity index (χ1v) is 14.5. The first-order chi connectivity index (χ1) is 18.3. The Kier molecular flexibility index (Phi) is 7.48. The van der Waals surface area contributed by atoms with Gasteiger partial charge >= 0.3 is 10.2 Å². The van der Waals surface area contributed by atoms with E-state index >= 15 is 0 Å². The predicted molar refractivity (Wildman–Crippen MR) is 153 cm³/mol. The summed E-state index contributed by atoms with van der Waals surface area (Å²) in [5.41, 5.74) is 3.37. The second kappa shape index (κ2) is 10.8. The third kappa shape index (κ3) is 5.17. The number of hydrogen-bond donors (Lipinski definition) is 3. The molecular formula is C26H28BrN7O3S. The van der Waals surface area contributed by atoms with Gasteiger partial charge in [0.2, 0.25) is 0 Å². The summed E-state index contributed by atoms with van der Waals surface area (Å²) in [5.74, 6) is 0.673.